The number of amides is 2. The van der Waals surface area contributed by atoms with Gasteiger partial charge in [-0.3, -0.25) is 14.4 Å². The van der Waals surface area contributed by atoms with E-state index in [1.54, 1.807) is 12.1 Å². The van der Waals surface area contributed by atoms with Crippen LogP contribution in [0, 0.1) is 0 Å². The summed E-state index contributed by atoms with van der Waals surface area (Å²) in [4.78, 5) is 39.5. The van der Waals surface area contributed by atoms with Crippen LogP contribution in [0.4, 0.5) is 0 Å². The van der Waals surface area contributed by atoms with E-state index < -0.39 is 11.9 Å². The molecule has 26 heavy (non-hydrogen) atoms. The van der Waals surface area contributed by atoms with E-state index in [0.29, 0.717) is 17.5 Å². The van der Waals surface area contributed by atoms with Crippen molar-refractivity contribution in [1.29, 1.82) is 0 Å². The zero-order valence-corrected chi connectivity index (χ0v) is 15.0. The Balaban J connectivity index is 1.66. The van der Waals surface area contributed by atoms with Gasteiger partial charge >= 0.3 is 5.97 Å². The minimum absolute atomic E-state index is 0.0691. The SMILES string of the molecule is CC1c2cccc(C(N)=O)c2C(=O)N1C1CCN(CCCC(=O)O)CC1. The molecule has 0 aliphatic carbocycles. The van der Waals surface area contributed by atoms with E-state index in [9.17, 15) is 14.4 Å². The highest BCUT2D eigenvalue weighted by Gasteiger charge is 2.41. The number of primary amides is 1. The number of fused-ring (bicyclic) bond motifs is 1. The lowest BCUT2D eigenvalue weighted by Gasteiger charge is -2.38. The first-order valence-electron chi connectivity index (χ1n) is 9.09. The number of hydrogen-bond acceptors (Lipinski definition) is 4. The summed E-state index contributed by atoms with van der Waals surface area (Å²) in [5.74, 6) is -1.44. The van der Waals surface area contributed by atoms with Crippen molar-refractivity contribution in [2.75, 3.05) is 19.6 Å². The number of rotatable bonds is 6. The third-order valence-electron chi connectivity index (χ3n) is 5.49. The summed E-state index contributed by atoms with van der Waals surface area (Å²) in [6, 6.07) is 5.34. The van der Waals surface area contributed by atoms with Crippen LogP contribution < -0.4 is 5.73 Å². The molecule has 0 bridgehead atoms. The molecule has 2 heterocycles. The standard InChI is InChI=1S/C19H25N3O4/c1-12-14-4-2-5-15(18(20)25)17(14)19(26)22(12)13-7-10-21(11-8-13)9-3-6-16(23)24/h2,4-5,12-13H,3,6-11H2,1H3,(H2,20,25)(H,23,24). The summed E-state index contributed by atoms with van der Waals surface area (Å²) in [6.07, 6.45) is 2.53. The number of benzene rings is 1. The van der Waals surface area contributed by atoms with Gasteiger partial charge in [0.1, 0.15) is 0 Å². The van der Waals surface area contributed by atoms with Gasteiger partial charge in [-0.25, -0.2) is 0 Å². The van der Waals surface area contributed by atoms with Crippen molar-refractivity contribution in [3.63, 3.8) is 0 Å². The van der Waals surface area contributed by atoms with Gasteiger partial charge in [0.05, 0.1) is 17.2 Å². The molecule has 1 saturated heterocycles. The van der Waals surface area contributed by atoms with Crippen LogP contribution in [0.1, 0.15) is 64.9 Å². The van der Waals surface area contributed by atoms with Gasteiger partial charge in [-0.05, 0) is 44.4 Å². The lowest BCUT2D eigenvalue weighted by Crippen LogP contribution is -2.46. The molecule has 1 unspecified atom stereocenters. The molecule has 1 aromatic rings. The molecule has 0 aromatic heterocycles. The van der Waals surface area contributed by atoms with Crippen molar-refractivity contribution in [2.24, 2.45) is 5.73 Å². The number of nitrogens with two attached hydrogens (primary N) is 1. The number of carbonyl (C=O) groups is 3. The number of nitrogens with zero attached hydrogens (tertiary/aromatic N) is 2. The smallest absolute Gasteiger partial charge is 0.303 e. The van der Waals surface area contributed by atoms with Crippen LogP contribution in [0.15, 0.2) is 18.2 Å². The van der Waals surface area contributed by atoms with Crippen molar-refractivity contribution in [1.82, 2.24) is 9.80 Å². The summed E-state index contributed by atoms with van der Waals surface area (Å²) in [5, 5.41) is 8.74. The zero-order chi connectivity index (χ0) is 18.8. The van der Waals surface area contributed by atoms with E-state index in [1.807, 2.05) is 17.9 Å². The second-order valence-corrected chi connectivity index (χ2v) is 7.09. The fourth-order valence-corrected chi connectivity index (χ4v) is 4.17. The van der Waals surface area contributed by atoms with E-state index in [2.05, 4.69) is 4.90 Å². The molecular weight excluding hydrogens is 334 g/mol. The van der Waals surface area contributed by atoms with E-state index in [4.69, 9.17) is 10.8 Å². The average Bonchev–Trinajstić information content (AvgIpc) is 2.86. The van der Waals surface area contributed by atoms with Gasteiger partial charge in [0.25, 0.3) is 5.91 Å². The zero-order valence-electron chi connectivity index (χ0n) is 15.0. The molecule has 2 aliphatic rings. The van der Waals surface area contributed by atoms with Gasteiger partial charge in [0, 0.05) is 25.6 Å². The number of hydrogen-bond donors (Lipinski definition) is 2. The number of carbonyl (C=O) groups excluding carboxylic acids is 2. The first-order valence-corrected chi connectivity index (χ1v) is 9.09. The maximum absolute atomic E-state index is 13.0. The predicted molar refractivity (Wildman–Crippen MR) is 95.9 cm³/mol. The monoisotopic (exact) mass is 359 g/mol. The van der Waals surface area contributed by atoms with Gasteiger partial charge in [0.2, 0.25) is 5.91 Å². The van der Waals surface area contributed by atoms with Crippen LogP contribution in [0.3, 0.4) is 0 Å². The Morgan fingerprint density at radius 2 is 1.96 bits per heavy atom. The van der Waals surface area contributed by atoms with Crippen molar-refractivity contribution < 1.29 is 19.5 Å². The maximum Gasteiger partial charge on any atom is 0.303 e. The van der Waals surface area contributed by atoms with E-state index in [0.717, 1.165) is 38.0 Å². The first-order chi connectivity index (χ1) is 12.4. The molecule has 1 aromatic carbocycles. The van der Waals surface area contributed by atoms with Gasteiger partial charge in [-0.1, -0.05) is 12.1 Å². The molecule has 3 rings (SSSR count). The Hall–Kier alpha value is -2.41. The third kappa shape index (κ3) is 3.44. The summed E-state index contributed by atoms with van der Waals surface area (Å²) >= 11 is 0. The predicted octanol–water partition coefficient (Wildman–Crippen LogP) is 1.63. The summed E-state index contributed by atoms with van der Waals surface area (Å²) in [6.45, 7) is 4.46. The molecule has 140 valence electrons. The number of aliphatic carboxylic acids is 1. The topological polar surface area (TPSA) is 104 Å². The van der Waals surface area contributed by atoms with E-state index in [1.165, 1.54) is 0 Å². The Morgan fingerprint density at radius 3 is 2.58 bits per heavy atom. The minimum Gasteiger partial charge on any atom is -0.481 e. The van der Waals surface area contributed by atoms with Crippen molar-refractivity contribution in [2.45, 2.75) is 44.7 Å². The van der Waals surface area contributed by atoms with Crippen LogP contribution in [0.5, 0.6) is 0 Å². The number of piperidine rings is 1. The number of carboxylic acids is 1. The lowest BCUT2D eigenvalue weighted by atomic mass is 9.99. The molecule has 2 aliphatic heterocycles. The van der Waals surface area contributed by atoms with Crippen LogP contribution >= 0.6 is 0 Å². The minimum atomic E-state index is -0.764. The second kappa shape index (κ2) is 7.45. The fraction of sp³-hybridized carbons (Fsp3) is 0.526. The molecule has 1 atom stereocenters. The molecule has 0 radical (unpaired) electrons. The molecule has 7 nitrogen and oxygen atoms in total. The van der Waals surface area contributed by atoms with Crippen molar-refractivity contribution in [3.8, 4) is 0 Å². The van der Waals surface area contributed by atoms with E-state index in [-0.39, 0.29) is 24.4 Å². The molecule has 1 fully saturated rings. The molecule has 0 spiro atoms. The number of likely N-dealkylation sites (tertiary alicyclic amines) is 1. The quantitative estimate of drug-likeness (QED) is 0.803. The van der Waals surface area contributed by atoms with Crippen molar-refractivity contribution in [3.05, 3.63) is 34.9 Å². The summed E-state index contributed by atoms with van der Waals surface area (Å²) in [7, 11) is 0. The summed E-state index contributed by atoms with van der Waals surface area (Å²) < 4.78 is 0. The van der Waals surface area contributed by atoms with Gasteiger partial charge in [-0.15, -0.1) is 0 Å². The Morgan fingerprint density at radius 1 is 1.27 bits per heavy atom. The fourth-order valence-electron chi connectivity index (χ4n) is 4.17. The summed E-state index contributed by atoms with van der Waals surface area (Å²) in [5.41, 5.74) is 7.07. The molecule has 2 amide bonds. The molecule has 0 saturated carbocycles. The van der Waals surface area contributed by atoms with Crippen LogP contribution in [0.2, 0.25) is 0 Å². The molecule has 3 N–H and O–H groups in total. The molecular formula is C19H25N3O4. The van der Waals surface area contributed by atoms with Gasteiger partial charge in [-0.2, -0.15) is 0 Å². The first kappa shape index (κ1) is 18.4. The van der Waals surface area contributed by atoms with Crippen molar-refractivity contribution >= 4 is 17.8 Å². The highest BCUT2D eigenvalue weighted by Crippen LogP contribution is 2.38. The Kier molecular flexibility index (Phi) is 5.27. The van der Waals surface area contributed by atoms with Crippen LogP contribution in [-0.4, -0.2) is 58.4 Å². The third-order valence-corrected chi connectivity index (χ3v) is 5.49. The van der Waals surface area contributed by atoms with E-state index >= 15 is 0 Å². The largest absolute Gasteiger partial charge is 0.481 e. The normalized spacial score (nSPS) is 21.0. The Bertz CT molecular complexity index is 725. The lowest BCUT2D eigenvalue weighted by molar-refractivity contribution is -0.137. The highest BCUT2D eigenvalue weighted by atomic mass is 16.4. The van der Waals surface area contributed by atoms with Crippen LogP contribution in [-0.2, 0) is 4.79 Å². The highest BCUT2D eigenvalue weighted by molar-refractivity contribution is 6.09. The Labute approximate surface area is 152 Å². The maximum atomic E-state index is 13.0. The number of carboxylic acid groups (broad SMARTS) is 1. The van der Waals surface area contributed by atoms with Gasteiger partial charge in [0.15, 0.2) is 0 Å². The second-order valence-electron chi connectivity index (χ2n) is 7.09. The average molecular weight is 359 g/mol. The van der Waals surface area contributed by atoms with Crippen LogP contribution in [0.25, 0.3) is 0 Å². The molecule has 7 heteroatoms. The van der Waals surface area contributed by atoms with Gasteiger partial charge < -0.3 is 20.6 Å².